The number of halogens is 3. The van der Waals surface area contributed by atoms with Gasteiger partial charge in [0, 0.05) is 19.1 Å². The number of nitrogens with zero attached hydrogens (tertiary/aromatic N) is 1. The van der Waals surface area contributed by atoms with Crippen LogP contribution in [0, 0.1) is 5.92 Å². The van der Waals surface area contributed by atoms with Crippen LogP contribution in [0.2, 0.25) is 0 Å². The summed E-state index contributed by atoms with van der Waals surface area (Å²) in [7, 11) is 0. The van der Waals surface area contributed by atoms with Gasteiger partial charge in [0.1, 0.15) is 0 Å². The van der Waals surface area contributed by atoms with Gasteiger partial charge in [-0.25, -0.2) is 0 Å². The SMILES string of the molecule is CCCN(CC1COCCC1O)CC(F)(F)F. The second-order valence-corrected chi connectivity index (χ2v) is 4.54. The van der Waals surface area contributed by atoms with Crippen LogP contribution < -0.4 is 0 Å². The lowest BCUT2D eigenvalue weighted by atomic mass is 9.98. The molecule has 102 valence electrons. The van der Waals surface area contributed by atoms with Crippen molar-refractivity contribution < 1.29 is 23.0 Å². The number of hydrogen-bond donors (Lipinski definition) is 1. The first kappa shape index (κ1) is 14.7. The third kappa shape index (κ3) is 5.70. The second-order valence-electron chi connectivity index (χ2n) is 4.54. The van der Waals surface area contributed by atoms with Crippen LogP contribution in [-0.4, -0.2) is 55.1 Å². The number of rotatable bonds is 5. The minimum absolute atomic E-state index is 0.211. The van der Waals surface area contributed by atoms with Crippen LogP contribution in [0.3, 0.4) is 0 Å². The summed E-state index contributed by atoms with van der Waals surface area (Å²) in [5.41, 5.74) is 0. The summed E-state index contributed by atoms with van der Waals surface area (Å²) in [6.07, 6.45) is -3.55. The first-order valence-corrected chi connectivity index (χ1v) is 5.97. The fourth-order valence-electron chi connectivity index (χ4n) is 2.10. The van der Waals surface area contributed by atoms with Crippen molar-refractivity contribution in [2.75, 3.05) is 32.8 Å². The molecule has 0 amide bonds. The van der Waals surface area contributed by atoms with Crippen LogP contribution in [0.5, 0.6) is 0 Å². The molecule has 3 nitrogen and oxygen atoms in total. The summed E-state index contributed by atoms with van der Waals surface area (Å²) in [5.74, 6) is -0.211. The summed E-state index contributed by atoms with van der Waals surface area (Å²) < 4.78 is 42.2. The van der Waals surface area contributed by atoms with Crippen LogP contribution in [0.15, 0.2) is 0 Å². The van der Waals surface area contributed by atoms with E-state index >= 15 is 0 Å². The number of alkyl halides is 3. The van der Waals surface area contributed by atoms with Gasteiger partial charge in [0.05, 0.1) is 19.3 Å². The number of hydrogen-bond acceptors (Lipinski definition) is 3. The molecule has 0 spiro atoms. The molecular formula is C11H20F3NO2. The molecule has 0 radical (unpaired) electrons. The molecule has 0 bridgehead atoms. The average molecular weight is 255 g/mol. The monoisotopic (exact) mass is 255 g/mol. The minimum atomic E-state index is -4.18. The molecule has 2 unspecified atom stereocenters. The van der Waals surface area contributed by atoms with E-state index < -0.39 is 18.8 Å². The largest absolute Gasteiger partial charge is 0.401 e. The van der Waals surface area contributed by atoms with Crippen LogP contribution in [0.4, 0.5) is 13.2 Å². The standard InChI is InChI=1S/C11H20F3NO2/c1-2-4-15(8-11(12,13)14)6-9-7-17-5-3-10(9)16/h9-10,16H,2-8H2,1H3. The Labute approximate surface area is 99.5 Å². The van der Waals surface area contributed by atoms with Crippen molar-refractivity contribution in [2.45, 2.75) is 32.0 Å². The Hall–Kier alpha value is -0.330. The van der Waals surface area contributed by atoms with E-state index in [9.17, 15) is 18.3 Å². The van der Waals surface area contributed by atoms with E-state index in [0.29, 0.717) is 32.6 Å². The van der Waals surface area contributed by atoms with Crippen molar-refractivity contribution in [1.29, 1.82) is 0 Å². The Bertz CT molecular complexity index is 223. The molecule has 0 aromatic rings. The van der Waals surface area contributed by atoms with E-state index in [4.69, 9.17) is 4.74 Å². The highest BCUT2D eigenvalue weighted by molar-refractivity contribution is 4.77. The summed E-state index contributed by atoms with van der Waals surface area (Å²) in [5, 5.41) is 9.70. The van der Waals surface area contributed by atoms with Gasteiger partial charge in [-0.15, -0.1) is 0 Å². The summed E-state index contributed by atoms with van der Waals surface area (Å²) in [6.45, 7) is 2.41. The Balaban J connectivity index is 2.47. The van der Waals surface area contributed by atoms with Crippen molar-refractivity contribution in [2.24, 2.45) is 5.92 Å². The van der Waals surface area contributed by atoms with Crippen molar-refractivity contribution >= 4 is 0 Å². The predicted octanol–water partition coefficient (Wildman–Crippen LogP) is 1.66. The second kappa shape index (κ2) is 6.56. The van der Waals surface area contributed by atoms with Gasteiger partial charge in [-0.05, 0) is 19.4 Å². The molecule has 1 heterocycles. The Morgan fingerprint density at radius 3 is 2.65 bits per heavy atom. The van der Waals surface area contributed by atoms with E-state index in [0.717, 1.165) is 0 Å². The van der Waals surface area contributed by atoms with Gasteiger partial charge in [-0.2, -0.15) is 13.2 Å². The highest BCUT2D eigenvalue weighted by atomic mass is 19.4. The molecule has 1 rings (SSSR count). The molecule has 6 heteroatoms. The fourth-order valence-corrected chi connectivity index (χ4v) is 2.10. The highest BCUT2D eigenvalue weighted by Gasteiger charge is 2.33. The molecule has 1 saturated heterocycles. The Morgan fingerprint density at radius 2 is 2.12 bits per heavy atom. The van der Waals surface area contributed by atoms with E-state index in [1.807, 2.05) is 6.92 Å². The summed E-state index contributed by atoms with van der Waals surface area (Å²) >= 11 is 0. The van der Waals surface area contributed by atoms with Crippen LogP contribution >= 0.6 is 0 Å². The number of aliphatic hydroxyl groups is 1. The molecule has 1 N–H and O–H groups in total. The van der Waals surface area contributed by atoms with Gasteiger partial charge in [-0.3, -0.25) is 4.90 Å². The first-order chi connectivity index (χ1) is 7.92. The van der Waals surface area contributed by atoms with Crippen LogP contribution in [-0.2, 0) is 4.74 Å². The van der Waals surface area contributed by atoms with E-state index in [-0.39, 0.29) is 12.5 Å². The van der Waals surface area contributed by atoms with E-state index in [2.05, 4.69) is 0 Å². The van der Waals surface area contributed by atoms with Gasteiger partial charge in [-0.1, -0.05) is 6.92 Å². The van der Waals surface area contributed by atoms with E-state index in [1.165, 1.54) is 4.90 Å². The van der Waals surface area contributed by atoms with Crippen molar-refractivity contribution in [3.63, 3.8) is 0 Å². The zero-order chi connectivity index (χ0) is 12.9. The molecule has 1 aliphatic rings. The van der Waals surface area contributed by atoms with Gasteiger partial charge in [0.15, 0.2) is 0 Å². The molecule has 2 atom stereocenters. The summed E-state index contributed by atoms with van der Waals surface area (Å²) in [4.78, 5) is 1.35. The summed E-state index contributed by atoms with van der Waals surface area (Å²) in [6, 6.07) is 0. The molecule has 0 saturated carbocycles. The average Bonchev–Trinajstić information content (AvgIpc) is 2.19. The molecule has 0 aliphatic carbocycles. The van der Waals surface area contributed by atoms with Gasteiger partial charge < -0.3 is 9.84 Å². The predicted molar refractivity (Wildman–Crippen MR) is 57.7 cm³/mol. The fraction of sp³-hybridized carbons (Fsp3) is 1.00. The molecule has 0 aromatic heterocycles. The minimum Gasteiger partial charge on any atom is -0.393 e. The number of ether oxygens (including phenoxy) is 1. The molecule has 1 aliphatic heterocycles. The van der Waals surface area contributed by atoms with Crippen molar-refractivity contribution in [3.05, 3.63) is 0 Å². The molecule has 1 fully saturated rings. The quantitative estimate of drug-likeness (QED) is 0.811. The van der Waals surface area contributed by atoms with Crippen LogP contribution in [0.25, 0.3) is 0 Å². The lowest BCUT2D eigenvalue weighted by molar-refractivity contribution is -0.151. The molecule has 17 heavy (non-hydrogen) atoms. The maximum Gasteiger partial charge on any atom is 0.401 e. The van der Waals surface area contributed by atoms with Gasteiger partial charge >= 0.3 is 6.18 Å². The van der Waals surface area contributed by atoms with Gasteiger partial charge in [0.25, 0.3) is 0 Å². The van der Waals surface area contributed by atoms with Crippen molar-refractivity contribution in [3.8, 4) is 0 Å². The van der Waals surface area contributed by atoms with Gasteiger partial charge in [0.2, 0.25) is 0 Å². The number of aliphatic hydroxyl groups excluding tert-OH is 1. The maximum absolute atomic E-state index is 12.3. The zero-order valence-electron chi connectivity index (χ0n) is 10.0. The highest BCUT2D eigenvalue weighted by Crippen LogP contribution is 2.20. The molecule has 0 aromatic carbocycles. The van der Waals surface area contributed by atoms with Crippen molar-refractivity contribution in [1.82, 2.24) is 4.90 Å². The third-order valence-electron chi connectivity index (χ3n) is 2.87. The Morgan fingerprint density at radius 1 is 1.41 bits per heavy atom. The lowest BCUT2D eigenvalue weighted by Gasteiger charge is -2.33. The van der Waals surface area contributed by atoms with Crippen LogP contribution in [0.1, 0.15) is 19.8 Å². The molecular weight excluding hydrogens is 235 g/mol. The lowest BCUT2D eigenvalue weighted by Crippen LogP contribution is -2.44. The third-order valence-corrected chi connectivity index (χ3v) is 2.87. The topological polar surface area (TPSA) is 32.7 Å². The Kier molecular flexibility index (Phi) is 5.69. The zero-order valence-corrected chi connectivity index (χ0v) is 10.0. The van der Waals surface area contributed by atoms with E-state index in [1.54, 1.807) is 0 Å². The smallest absolute Gasteiger partial charge is 0.393 e. The normalized spacial score (nSPS) is 26.5. The first-order valence-electron chi connectivity index (χ1n) is 5.97. The maximum atomic E-state index is 12.3.